The van der Waals surface area contributed by atoms with Crippen LogP contribution in [0.25, 0.3) is 0 Å². The van der Waals surface area contributed by atoms with Crippen LogP contribution in [0, 0.1) is 6.92 Å². The predicted molar refractivity (Wildman–Crippen MR) is 126 cm³/mol. The Morgan fingerprint density at radius 1 is 0.909 bits per heavy atom. The zero-order chi connectivity index (χ0) is 24.1. The predicted octanol–water partition coefficient (Wildman–Crippen LogP) is 3.84. The number of anilines is 1. The topological polar surface area (TPSA) is 85.4 Å². The second kappa shape index (κ2) is 10.4. The van der Waals surface area contributed by atoms with Crippen LogP contribution in [0.15, 0.2) is 53.4 Å². The number of nitrogens with zero attached hydrogens (tertiary/aromatic N) is 2. The molecule has 1 aliphatic rings. The molecule has 33 heavy (non-hydrogen) atoms. The molecule has 2 aromatic rings. The van der Waals surface area contributed by atoms with Gasteiger partial charge in [-0.15, -0.1) is 0 Å². The van der Waals surface area contributed by atoms with Crippen LogP contribution < -0.4 is 9.64 Å². The van der Waals surface area contributed by atoms with E-state index in [1.54, 1.807) is 17.0 Å². The molecule has 0 unspecified atom stereocenters. The van der Waals surface area contributed by atoms with Gasteiger partial charge in [-0.25, -0.2) is 4.79 Å². The van der Waals surface area contributed by atoms with Gasteiger partial charge in [-0.2, -0.15) is 8.42 Å². The first-order chi connectivity index (χ1) is 15.5. The van der Waals surface area contributed by atoms with Crippen molar-refractivity contribution in [2.75, 3.05) is 44.3 Å². The van der Waals surface area contributed by atoms with Gasteiger partial charge in [0.15, 0.2) is 0 Å². The summed E-state index contributed by atoms with van der Waals surface area (Å²) in [7, 11) is -3.80. The molecule has 8 nitrogen and oxygen atoms in total. The van der Waals surface area contributed by atoms with E-state index >= 15 is 0 Å². The average molecular weight is 477 g/mol. The number of amides is 1. The maximum atomic E-state index is 12.2. The van der Waals surface area contributed by atoms with Gasteiger partial charge in [0.2, 0.25) is 0 Å². The molecule has 0 aliphatic carbocycles. The van der Waals surface area contributed by atoms with Gasteiger partial charge in [0.1, 0.15) is 24.6 Å². The Bertz CT molecular complexity index is 1020. The highest BCUT2D eigenvalue weighted by Gasteiger charge is 2.26. The molecular formula is C24H32N2O6S. The lowest BCUT2D eigenvalue weighted by molar-refractivity contribution is 0.0240. The van der Waals surface area contributed by atoms with E-state index in [4.69, 9.17) is 13.7 Å². The first-order valence-electron chi connectivity index (χ1n) is 11.0. The van der Waals surface area contributed by atoms with Crippen molar-refractivity contribution in [3.63, 3.8) is 0 Å². The second-order valence-electron chi connectivity index (χ2n) is 8.89. The van der Waals surface area contributed by atoms with Gasteiger partial charge in [0.05, 0.1) is 4.90 Å². The van der Waals surface area contributed by atoms with E-state index < -0.39 is 15.7 Å². The molecule has 9 heteroatoms. The molecule has 0 saturated carbocycles. The largest absolute Gasteiger partial charge is 0.491 e. The Hall–Kier alpha value is -2.78. The summed E-state index contributed by atoms with van der Waals surface area (Å²) in [6.07, 6.45) is -0.280. The van der Waals surface area contributed by atoms with Crippen LogP contribution in [0.4, 0.5) is 10.5 Å². The maximum Gasteiger partial charge on any atom is 0.410 e. The Kier molecular flexibility index (Phi) is 7.86. The van der Waals surface area contributed by atoms with Crippen molar-refractivity contribution < 1.29 is 26.9 Å². The first-order valence-corrected chi connectivity index (χ1v) is 12.4. The fourth-order valence-electron chi connectivity index (χ4n) is 3.30. The quantitative estimate of drug-likeness (QED) is 0.443. The number of piperazine rings is 1. The summed E-state index contributed by atoms with van der Waals surface area (Å²) in [6.45, 7) is 10.1. The summed E-state index contributed by atoms with van der Waals surface area (Å²) in [6, 6.07) is 14.1. The second-order valence-corrected chi connectivity index (χ2v) is 10.5. The van der Waals surface area contributed by atoms with Crippen molar-refractivity contribution in [1.82, 2.24) is 4.90 Å². The Morgan fingerprint density at radius 3 is 2.09 bits per heavy atom. The fourth-order valence-corrected chi connectivity index (χ4v) is 4.20. The third-order valence-corrected chi connectivity index (χ3v) is 6.36. The lowest BCUT2D eigenvalue weighted by Gasteiger charge is -2.36. The van der Waals surface area contributed by atoms with Gasteiger partial charge in [-0.1, -0.05) is 17.7 Å². The van der Waals surface area contributed by atoms with Gasteiger partial charge < -0.3 is 19.3 Å². The summed E-state index contributed by atoms with van der Waals surface area (Å²) in [5.41, 5.74) is 1.51. The third-order valence-electron chi connectivity index (χ3n) is 5.03. The number of carbonyl (C=O) groups excluding carboxylic acids is 1. The first kappa shape index (κ1) is 24.9. The molecule has 2 aromatic carbocycles. The summed E-state index contributed by atoms with van der Waals surface area (Å²) in [5.74, 6) is 0.627. The molecule has 0 atom stereocenters. The van der Waals surface area contributed by atoms with E-state index in [1.807, 2.05) is 52.0 Å². The number of rotatable bonds is 7. The molecule has 1 fully saturated rings. The molecule has 0 spiro atoms. The Morgan fingerprint density at radius 2 is 1.52 bits per heavy atom. The van der Waals surface area contributed by atoms with Crippen molar-refractivity contribution in [1.29, 1.82) is 0 Å². The lowest BCUT2D eigenvalue weighted by Crippen LogP contribution is -2.50. The molecule has 1 heterocycles. The van der Waals surface area contributed by atoms with Crippen LogP contribution in [0.1, 0.15) is 26.3 Å². The zero-order valence-corrected chi connectivity index (χ0v) is 20.4. The molecule has 3 rings (SSSR count). The SMILES string of the molecule is Cc1ccc(S(=O)(=O)OCCOc2ccc(N3CCN(C(=O)OC(C)(C)C)CC3)cc2)cc1. The molecule has 0 N–H and O–H groups in total. The van der Waals surface area contributed by atoms with Gasteiger partial charge in [-0.05, 0) is 64.1 Å². The molecule has 0 aromatic heterocycles. The molecular weight excluding hydrogens is 444 g/mol. The molecule has 180 valence electrons. The lowest BCUT2D eigenvalue weighted by atomic mass is 10.2. The van der Waals surface area contributed by atoms with Crippen molar-refractivity contribution in [2.24, 2.45) is 0 Å². The minimum Gasteiger partial charge on any atom is -0.491 e. The van der Waals surface area contributed by atoms with E-state index in [2.05, 4.69) is 4.90 Å². The maximum absolute atomic E-state index is 12.2. The van der Waals surface area contributed by atoms with Crippen LogP contribution in [0.2, 0.25) is 0 Å². The molecule has 1 saturated heterocycles. The summed E-state index contributed by atoms with van der Waals surface area (Å²) in [4.78, 5) is 16.3. The monoisotopic (exact) mass is 476 g/mol. The van der Waals surface area contributed by atoms with Crippen LogP contribution >= 0.6 is 0 Å². The minimum atomic E-state index is -3.80. The highest BCUT2D eigenvalue weighted by atomic mass is 32.2. The van der Waals surface area contributed by atoms with Gasteiger partial charge >= 0.3 is 6.09 Å². The van der Waals surface area contributed by atoms with Crippen LogP contribution in [-0.2, 0) is 19.0 Å². The number of hydrogen-bond acceptors (Lipinski definition) is 7. The van der Waals surface area contributed by atoms with E-state index in [1.165, 1.54) is 12.1 Å². The number of carbonyl (C=O) groups is 1. The summed E-state index contributed by atoms with van der Waals surface area (Å²) < 4.78 is 40.5. The van der Waals surface area contributed by atoms with Crippen molar-refractivity contribution >= 4 is 21.9 Å². The number of benzene rings is 2. The number of hydrogen-bond donors (Lipinski definition) is 0. The summed E-state index contributed by atoms with van der Waals surface area (Å²) in [5, 5.41) is 0. The van der Waals surface area contributed by atoms with Crippen LogP contribution in [-0.4, -0.2) is 64.4 Å². The summed E-state index contributed by atoms with van der Waals surface area (Å²) >= 11 is 0. The van der Waals surface area contributed by atoms with Gasteiger partial charge in [-0.3, -0.25) is 4.18 Å². The molecule has 0 bridgehead atoms. The number of ether oxygens (including phenoxy) is 2. The normalized spacial score (nSPS) is 14.8. The average Bonchev–Trinajstić information content (AvgIpc) is 2.76. The zero-order valence-electron chi connectivity index (χ0n) is 19.6. The fraction of sp³-hybridized carbons (Fsp3) is 0.458. The Balaban J connectivity index is 1.42. The number of aryl methyl sites for hydroxylation is 1. The van der Waals surface area contributed by atoms with Crippen LogP contribution in [0.5, 0.6) is 5.75 Å². The smallest absolute Gasteiger partial charge is 0.410 e. The third kappa shape index (κ3) is 7.36. The van der Waals surface area contributed by atoms with E-state index in [0.29, 0.717) is 31.9 Å². The highest BCUT2D eigenvalue weighted by Crippen LogP contribution is 2.22. The van der Waals surface area contributed by atoms with Crippen molar-refractivity contribution in [2.45, 2.75) is 38.2 Å². The molecule has 1 amide bonds. The van der Waals surface area contributed by atoms with E-state index in [9.17, 15) is 13.2 Å². The van der Waals surface area contributed by atoms with Crippen LogP contribution in [0.3, 0.4) is 0 Å². The minimum absolute atomic E-state index is 0.0788. The van der Waals surface area contributed by atoms with Crippen molar-refractivity contribution in [3.05, 3.63) is 54.1 Å². The van der Waals surface area contributed by atoms with Gasteiger partial charge in [0.25, 0.3) is 10.1 Å². The van der Waals surface area contributed by atoms with Gasteiger partial charge in [0, 0.05) is 31.9 Å². The molecule has 0 radical (unpaired) electrons. The Labute approximate surface area is 196 Å². The standard InChI is InChI=1S/C24H32N2O6S/c1-19-5-11-22(12-6-19)33(28,29)31-18-17-30-21-9-7-20(8-10-21)25-13-15-26(16-14-25)23(27)32-24(2,3)4/h5-12H,13-18H2,1-4H3. The highest BCUT2D eigenvalue weighted by molar-refractivity contribution is 7.86. The van der Waals surface area contributed by atoms with Crippen molar-refractivity contribution in [3.8, 4) is 5.75 Å². The van der Waals surface area contributed by atoms with E-state index in [0.717, 1.165) is 11.3 Å². The van der Waals surface area contributed by atoms with E-state index in [-0.39, 0.29) is 24.2 Å². The molecule has 1 aliphatic heterocycles.